The van der Waals surface area contributed by atoms with Crippen LogP contribution in [0.5, 0.6) is 0 Å². The third-order valence-corrected chi connectivity index (χ3v) is 5.07. The number of guanidine groups is 1. The van der Waals surface area contributed by atoms with Crippen molar-refractivity contribution in [2.24, 2.45) is 4.99 Å². The van der Waals surface area contributed by atoms with Crippen LogP contribution < -0.4 is 10.6 Å². The molecule has 2 aromatic carbocycles. The smallest absolute Gasteiger partial charge is 0.191 e. The molecule has 1 saturated carbocycles. The highest BCUT2D eigenvalue weighted by Gasteiger charge is 2.45. The molecule has 28 heavy (non-hydrogen) atoms. The van der Waals surface area contributed by atoms with Crippen LogP contribution in [0.3, 0.4) is 0 Å². The second-order valence-corrected chi connectivity index (χ2v) is 7.60. The standard InChI is InChI=1S/C22H29FN4.HI/c1-24-21(25-14-17-7-6-8-18(13-17)15-27(2)3)26-16-22(11-12-22)19-9-4-5-10-20(19)23;/h4-10,13H,11-12,14-16H2,1-3H3,(H2,24,25,26);1H. The van der Waals surface area contributed by atoms with E-state index in [1.165, 1.54) is 11.1 Å². The lowest BCUT2D eigenvalue weighted by atomic mass is 9.95. The first-order valence-corrected chi connectivity index (χ1v) is 9.44. The van der Waals surface area contributed by atoms with Crippen LogP contribution in [-0.4, -0.2) is 38.5 Å². The maximum absolute atomic E-state index is 14.2. The van der Waals surface area contributed by atoms with E-state index in [-0.39, 0.29) is 35.2 Å². The molecular formula is C22H30FIN4. The van der Waals surface area contributed by atoms with E-state index >= 15 is 0 Å². The van der Waals surface area contributed by atoms with Crippen LogP contribution in [0.2, 0.25) is 0 Å². The van der Waals surface area contributed by atoms with Gasteiger partial charge in [-0.25, -0.2) is 4.39 Å². The van der Waals surface area contributed by atoms with Gasteiger partial charge in [-0.1, -0.05) is 42.5 Å². The minimum atomic E-state index is -0.113. The van der Waals surface area contributed by atoms with Gasteiger partial charge in [0.15, 0.2) is 5.96 Å². The van der Waals surface area contributed by atoms with Gasteiger partial charge in [0.1, 0.15) is 5.82 Å². The monoisotopic (exact) mass is 496 g/mol. The summed E-state index contributed by atoms with van der Waals surface area (Å²) in [4.78, 5) is 6.47. The zero-order valence-electron chi connectivity index (χ0n) is 16.8. The number of halogens is 2. The molecule has 0 saturated heterocycles. The van der Waals surface area contributed by atoms with Gasteiger partial charge in [-0.15, -0.1) is 24.0 Å². The molecule has 2 aromatic rings. The number of nitrogens with zero attached hydrogens (tertiary/aromatic N) is 2. The summed E-state index contributed by atoms with van der Waals surface area (Å²) in [7, 11) is 5.90. The summed E-state index contributed by atoms with van der Waals surface area (Å²) < 4.78 is 14.2. The van der Waals surface area contributed by atoms with Crippen LogP contribution in [-0.2, 0) is 18.5 Å². The maximum Gasteiger partial charge on any atom is 0.191 e. The first-order chi connectivity index (χ1) is 13.0. The Hall–Kier alpha value is -1.67. The Morgan fingerprint density at radius 1 is 1.07 bits per heavy atom. The summed E-state index contributed by atoms with van der Waals surface area (Å²) in [6.45, 7) is 2.31. The highest BCUT2D eigenvalue weighted by molar-refractivity contribution is 14.0. The van der Waals surface area contributed by atoms with Crippen molar-refractivity contribution in [1.82, 2.24) is 15.5 Å². The lowest BCUT2D eigenvalue weighted by Crippen LogP contribution is -2.41. The Labute approximate surface area is 184 Å². The quantitative estimate of drug-likeness (QED) is 0.347. The predicted molar refractivity (Wildman–Crippen MR) is 125 cm³/mol. The topological polar surface area (TPSA) is 39.7 Å². The molecule has 152 valence electrons. The van der Waals surface area contributed by atoms with Crippen molar-refractivity contribution < 1.29 is 4.39 Å². The van der Waals surface area contributed by atoms with Crippen molar-refractivity contribution in [2.75, 3.05) is 27.7 Å². The molecule has 0 atom stereocenters. The zero-order chi connectivity index (χ0) is 19.3. The van der Waals surface area contributed by atoms with Gasteiger partial charge in [0.25, 0.3) is 0 Å². The van der Waals surface area contributed by atoms with Crippen molar-refractivity contribution in [3.63, 3.8) is 0 Å². The van der Waals surface area contributed by atoms with Crippen LogP contribution in [0.15, 0.2) is 53.5 Å². The second kappa shape index (κ2) is 10.2. The van der Waals surface area contributed by atoms with Gasteiger partial charge in [-0.2, -0.15) is 0 Å². The highest BCUT2D eigenvalue weighted by Crippen LogP contribution is 2.48. The Morgan fingerprint density at radius 2 is 1.79 bits per heavy atom. The van der Waals surface area contributed by atoms with Crippen molar-refractivity contribution in [2.45, 2.75) is 31.3 Å². The zero-order valence-corrected chi connectivity index (χ0v) is 19.2. The molecule has 1 fully saturated rings. The molecule has 0 bridgehead atoms. The molecule has 0 aliphatic heterocycles. The fourth-order valence-electron chi connectivity index (χ4n) is 3.45. The molecule has 1 aliphatic rings. The molecule has 0 radical (unpaired) electrons. The van der Waals surface area contributed by atoms with E-state index in [9.17, 15) is 4.39 Å². The second-order valence-electron chi connectivity index (χ2n) is 7.60. The number of benzene rings is 2. The van der Waals surface area contributed by atoms with Gasteiger partial charge < -0.3 is 15.5 Å². The molecule has 0 amide bonds. The SMILES string of the molecule is CN=C(NCc1cccc(CN(C)C)c1)NCC1(c2ccccc2F)CC1.I. The number of rotatable bonds is 7. The molecule has 4 nitrogen and oxygen atoms in total. The molecule has 0 spiro atoms. The summed E-state index contributed by atoms with van der Waals surface area (Å²) in [5, 5.41) is 6.74. The molecule has 0 unspecified atom stereocenters. The van der Waals surface area contributed by atoms with Crippen molar-refractivity contribution in [3.8, 4) is 0 Å². The van der Waals surface area contributed by atoms with E-state index in [0.29, 0.717) is 13.1 Å². The molecule has 1 aliphatic carbocycles. The van der Waals surface area contributed by atoms with E-state index in [2.05, 4.69) is 58.9 Å². The minimum Gasteiger partial charge on any atom is -0.356 e. The summed E-state index contributed by atoms with van der Waals surface area (Å²) in [6.07, 6.45) is 2.01. The Kier molecular flexibility index (Phi) is 8.24. The summed E-state index contributed by atoms with van der Waals surface area (Å²) >= 11 is 0. The molecule has 6 heteroatoms. The predicted octanol–water partition coefficient (Wildman–Crippen LogP) is 3.90. The number of hydrogen-bond acceptors (Lipinski definition) is 2. The van der Waals surface area contributed by atoms with Crippen molar-refractivity contribution >= 4 is 29.9 Å². The maximum atomic E-state index is 14.2. The van der Waals surface area contributed by atoms with Crippen LogP contribution >= 0.6 is 24.0 Å². The van der Waals surface area contributed by atoms with Gasteiger partial charge >= 0.3 is 0 Å². The lowest BCUT2D eigenvalue weighted by Gasteiger charge is -2.19. The van der Waals surface area contributed by atoms with Gasteiger partial charge in [-0.3, -0.25) is 4.99 Å². The number of hydrogen-bond donors (Lipinski definition) is 2. The van der Waals surface area contributed by atoms with Gasteiger partial charge in [0, 0.05) is 32.1 Å². The van der Waals surface area contributed by atoms with Gasteiger partial charge in [0.05, 0.1) is 0 Å². The van der Waals surface area contributed by atoms with E-state index < -0.39 is 0 Å². The first kappa shape index (κ1) is 22.6. The average molecular weight is 496 g/mol. The van der Waals surface area contributed by atoms with E-state index in [4.69, 9.17) is 0 Å². The molecule has 2 N–H and O–H groups in total. The number of aliphatic imine (C=N–C) groups is 1. The summed E-state index contributed by atoms with van der Waals surface area (Å²) in [5.41, 5.74) is 3.21. The van der Waals surface area contributed by atoms with Crippen LogP contribution in [0.1, 0.15) is 29.5 Å². The molecule has 0 aromatic heterocycles. The van der Waals surface area contributed by atoms with Crippen LogP contribution in [0.25, 0.3) is 0 Å². The fraction of sp³-hybridized carbons (Fsp3) is 0.409. The summed E-state index contributed by atoms with van der Waals surface area (Å²) in [6, 6.07) is 15.6. The molecular weight excluding hydrogens is 466 g/mol. The largest absolute Gasteiger partial charge is 0.356 e. The highest BCUT2D eigenvalue weighted by atomic mass is 127. The third-order valence-electron chi connectivity index (χ3n) is 5.07. The molecule has 3 rings (SSSR count). The average Bonchev–Trinajstić information content (AvgIpc) is 3.43. The van der Waals surface area contributed by atoms with Crippen LogP contribution in [0.4, 0.5) is 4.39 Å². The van der Waals surface area contributed by atoms with E-state index in [0.717, 1.165) is 30.9 Å². The first-order valence-electron chi connectivity index (χ1n) is 9.44. The van der Waals surface area contributed by atoms with Crippen molar-refractivity contribution in [1.29, 1.82) is 0 Å². The Morgan fingerprint density at radius 3 is 2.43 bits per heavy atom. The van der Waals surface area contributed by atoms with Crippen molar-refractivity contribution in [3.05, 3.63) is 71.0 Å². The lowest BCUT2D eigenvalue weighted by molar-refractivity contribution is 0.402. The Balaban J connectivity index is 0.00000280. The minimum absolute atomic E-state index is 0. The van der Waals surface area contributed by atoms with Gasteiger partial charge in [0.2, 0.25) is 0 Å². The Bertz CT molecular complexity index is 803. The normalized spacial score (nSPS) is 15.1. The third kappa shape index (κ3) is 5.91. The van der Waals surface area contributed by atoms with E-state index in [1.807, 2.05) is 12.1 Å². The van der Waals surface area contributed by atoms with Crippen LogP contribution in [0, 0.1) is 5.82 Å². The molecule has 0 heterocycles. The fourth-order valence-corrected chi connectivity index (χ4v) is 3.45. The summed E-state index contributed by atoms with van der Waals surface area (Å²) in [5.74, 6) is 0.632. The van der Waals surface area contributed by atoms with E-state index in [1.54, 1.807) is 19.2 Å². The number of nitrogens with one attached hydrogen (secondary N) is 2. The van der Waals surface area contributed by atoms with Gasteiger partial charge in [-0.05, 0) is 49.7 Å².